The second-order valence-corrected chi connectivity index (χ2v) is 9.52. The van der Waals surface area contributed by atoms with Gasteiger partial charge >= 0.3 is 0 Å². The lowest BCUT2D eigenvalue weighted by molar-refractivity contribution is -0.116. The molecule has 2 heterocycles. The van der Waals surface area contributed by atoms with Gasteiger partial charge < -0.3 is 5.32 Å². The zero-order chi connectivity index (χ0) is 21.8. The lowest BCUT2D eigenvalue weighted by atomic mass is 10.2. The minimum Gasteiger partial charge on any atom is -0.324 e. The Kier molecular flexibility index (Phi) is 6.15. The molecule has 4 rings (SSSR count). The second-order valence-electron chi connectivity index (χ2n) is 7.58. The summed E-state index contributed by atoms with van der Waals surface area (Å²) in [6.07, 6.45) is 4.97. The van der Waals surface area contributed by atoms with E-state index in [2.05, 4.69) is 10.4 Å². The van der Waals surface area contributed by atoms with Gasteiger partial charge in [0.25, 0.3) is 0 Å². The number of carbonyl (C=O) groups is 1. The van der Waals surface area contributed by atoms with Crippen LogP contribution in [0.25, 0.3) is 10.9 Å². The molecule has 0 radical (unpaired) electrons. The van der Waals surface area contributed by atoms with Crippen molar-refractivity contribution < 1.29 is 13.2 Å². The average Bonchev–Trinajstić information content (AvgIpc) is 3.06. The van der Waals surface area contributed by atoms with Crippen LogP contribution in [0.3, 0.4) is 0 Å². The molecule has 1 N–H and O–H groups in total. The van der Waals surface area contributed by atoms with Gasteiger partial charge in [-0.25, -0.2) is 8.42 Å². The van der Waals surface area contributed by atoms with Crippen molar-refractivity contribution in [2.24, 2.45) is 0 Å². The summed E-state index contributed by atoms with van der Waals surface area (Å²) in [6, 6.07) is 13.2. The number of rotatable bonds is 5. The largest absolute Gasteiger partial charge is 0.324 e. The fourth-order valence-corrected chi connectivity index (χ4v) is 5.35. The number of aromatic nitrogens is 2. The van der Waals surface area contributed by atoms with E-state index in [1.807, 2.05) is 0 Å². The number of sulfonamides is 1. The van der Waals surface area contributed by atoms with E-state index in [4.69, 9.17) is 0 Å². The van der Waals surface area contributed by atoms with Crippen LogP contribution in [0.15, 0.2) is 64.4 Å². The van der Waals surface area contributed by atoms with Gasteiger partial charge in [0.1, 0.15) is 6.54 Å². The van der Waals surface area contributed by atoms with E-state index in [9.17, 15) is 18.0 Å². The SMILES string of the molecule is O=C(Cn1ncc(=O)c2ccccc21)Nc1cccc(S(=O)(=O)N2CCCCCC2)c1. The summed E-state index contributed by atoms with van der Waals surface area (Å²) >= 11 is 0. The minimum atomic E-state index is -3.61. The minimum absolute atomic E-state index is 0.107. The van der Waals surface area contributed by atoms with Crippen molar-refractivity contribution >= 4 is 32.5 Å². The van der Waals surface area contributed by atoms with E-state index in [0.29, 0.717) is 29.7 Å². The Morgan fingerprint density at radius 3 is 2.52 bits per heavy atom. The topological polar surface area (TPSA) is 101 Å². The first kappa shape index (κ1) is 21.2. The monoisotopic (exact) mass is 440 g/mol. The van der Waals surface area contributed by atoms with Crippen LogP contribution in [0.5, 0.6) is 0 Å². The van der Waals surface area contributed by atoms with E-state index >= 15 is 0 Å². The molecule has 0 aliphatic carbocycles. The summed E-state index contributed by atoms with van der Waals surface area (Å²) in [4.78, 5) is 24.7. The van der Waals surface area contributed by atoms with Gasteiger partial charge in [-0.1, -0.05) is 31.0 Å². The molecule has 3 aromatic rings. The van der Waals surface area contributed by atoms with Gasteiger partial charge in [0.15, 0.2) is 0 Å². The lowest BCUT2D eigenvalue weighted by Crippen LogP contribution is -2.32. The van der Waals surface area contributed by atoms with Crippen LogP contribution >= 0.6 is 0 Å². The highest BCUT2D eigenvalue weighted by atomic mass is 32.2. The number of para-hydroxylation sites is 1. The summed E-state index contributed by atoms with van der Waals surface area (Å²) in [5, 5.41) is 7.27. The van der Waals surface area contributed by atoms with E-state index in [-0.39, 0.29) is 22.8 Å². The summed E-state index contributed by atoms with van der Waals surface area (Å²) in [5.74, 6) is -0.370. The van der Waals surface area contributed by atoms with E-state index in [1.165, 1.54) is 21.3 Å². The highest BCUT2D eigenvalue weighted by Gasteiger charge is 2.25. The van der Waals surface area contributed by atoms with Crippen LogP contribution in [0.2, 0.25) is 0 Å². The van der Waals surface area contributed by atoms with Crippen molar-refractivity contribution in [3.63, 3.8) is 0 Å². The van der Waals surface area contributed by atoms with Crippen molar-refractivity contribution in [2.45, 2.75) is 37.1 Å². The normalized spacial score (nSPS) is 15.5. The molecular formula is C22H24N4O4S. The predicted octanol–water partition coefficient (Wildman–Crippen LogP) is 2.60. The fourth-order valence-electron chi connectivity index (χ4n) is 3.79. The molecule has 1 fully saturated rings. The van der Waals surface area contributed by atoms with Crippen LogP contribution in [0, 0.1) is 0 Å². The maximum Gasteiger partial charge on any atom is 0.246 e. The van der Waals surface area contributed by atoms with Gasteiger partial charge in [-0.15, -0.1) is 0 Å². The Bertz CT molecular complexity index is 1260. The smallest absolute Gasteiger partial charge is 0.246 e. The molecule has 1 amide bonds. The number of nitrogens with one attached hydrogen (secondary N) is 1. The Morgan fingerprint density at radius 2 is 1.74 bits per heavy atom. The molecule has 8 nitrogen and oxygen atoms in total. The number of benzene rings is 2. The Labute approximate surface area is 180 Å². The summed E-state index contributed by atoms with van der Waals surface area (Å²) in [6.45, 7) is 0.928. The molecule has 1 saturated heterocycles. The molecule has 1 aliphatic rings. The first-order chi connectivity index (χ1) is 14.9. The van der Waals surface area contributed by atoms with E-state index in [0.717, 1.165) is 25.7 Å². The van der Waals surface area contributed by atoms with Gasteiger partial charge in [0.2, 0.25) is 21.4 Å². The van der Waals surface area contributed by atoms with Gasteiger partial charge in [0, 0.05) is 24.2 Å². The Hall–Kier alpha value is -3.04. The number of amides is 1. The molecule has 0 spiro atoms. The van der Waals surface area contributed by atoms with Gasteiger partial charge in [0.05, 0.1) is 16.6 Å². The van der Waals surface area contributed by atoms with Gasteiger partial charge in [-0.2, -0.15) is 9.40 Å². The van der Waals surface area contributed by atoms with Crippen LogP contribution in [0.1, 0.15) is 25.7 Å². The summed E-state index contributed by atoms with van der Waals surface area (Å²) in [5.41, 5.74) is 0.743. The standard InChI is InChI=1S/C22H24N4O4S/c27-21-15-23-26(20-11-4-3-10-19(20)21)16-22(28)24-17-8-7-9-18(14-17)31(29,30)25-12-5-1-2-6-13-25/h3-4,7-11,14-15H,1-2,5-6,12-13,16H2,(H,24,28). The van der Waals surface area contributed by atoms with Crippen molar-refractivity contribution in [3.05, 3.63) is 65.0 Å². The summed E-state index contributed by atoms with van der Waals surface area (Å²) in [7, 11) is -3.61. The van der Waals surface area contributed by atoms with Crippen LogP contribution in [0.4, 0.5) is 5.69 Å². The number of hydrogen-bond donors (Lipinski definition) is 1. The van der Waals surface area contributed by atoms with Crippen LogP contribution in [-0.4, -0.2) is 41.5 Å². The molecule has 1 aliphatic heterocycles. The second kappa shape index (κ2) is 8.99. The molecule has 0 saturated carbocycles. The number of anilines is 1. The fraction of sp³-hybridized carbons (Fsp3) is 0.318. The number of fused-ring (bicyclic) bond motifs is 1. The van der Waals surface area contributed by atoms with Crippen molar-refractivity contribution in [3.8, 4) is 0 Å². The Balaban J connectivity index is 1.52. The maximum atomic E-state index is 13.0. The first-order valence-corrected chi connectivity index (χ1v) is 11.7. The molecule has 9 heteroatoms. The molecule has 2 aromatic carbocycles. The molecule has 0 unspecified atom stereocenters. The Morgan fingerprint density at radius 1 is 1.00 bits per heavy atom. The van der Waals surface area contributed by atoms with E-state index in [1.54, 1.807) is 42.5 Å². The third-order valence-corrected chi connectivity index (χ3v) is 7.27. The zero-order valence-electron chi connectivity index (χ0n) is 17.0. The molecule has 0 bridgehead atoms. The van der Waals surface area contributed by atoms with Gasteiger partial charge in [-0.05, 0) is 43.2 Å². The van der Waals surface area contributed by atoms with Crippen molar-refractivity contribution in [2.75, 3.05) is 18.4 Å². The third kappa shape index (κ3) is 4.67. The van der Waals surface area contributed by atoms with E-state index < -0.39 is 10.0 Å². The van der Waals surface area contributed by atoms with Crippen LogP contribution in [-0.2, 0) is 21.4 Å². The highest BCUT2D eigenvalue weighted by Crippen LogP contribution is 2.22. The van der Waals surface area contributed by atoms with Crippen molar-refractivity contribution in [1.29, 1.82) is 0 Å². The molecular weight excluding hydrogens is 416 g/mol. The predicted molar refractivity (Wildman–Crippen MR) is 118 cm³/mol. The van der Waals surface area contributed by atoms with Crippen molar-refractivity contribution in [1.82, 2.24) is 14.1 Å². The van der Waals surface area contributed by atoms with Crippen LogP contribution < -0.4 is 10.7 Å². The summed E-state index contributed by atoms with van der Waals surface area (Å²) < 4.78 is 29.0. The maximum absolute atomic E-state index is 13.0. The number of hydrogen-bond acceptors (Lipinski definition) is 5. The number of nitrogens with zero attached hydrogens (tertiary/aromatic N) is 3. The number of carbonyl (C=O) groups excluding carboxylic acids is 1. The molecule has 162 valence electrons. The van der Waals surface area contributed by atoms with Gasteiger partial charge in [-0.3, -0.25) is 14.3 Å². The molecule has 0 atom stereocenters. The average molecular weight is 441 g/mol. The molecule has 1 aromatic heterocycles. The lowest BCUT2D eigenvalue weighted by Gasteiger charge is -2.20. The molecule has 31 heavy (non-hydrogen) atoms. The third-order valence-electron chi connectivity index (χ3n) is 5.38. The quantitative estimate of drug-likeness (QED) is 0.657. The zero-order valence-corrected chi connectivity index (χ0v) is 17.8. The highest BCUT2D eigenvalue weighted by molar-refractivity contribution is 7.89. The first-order valence-electron chi connectivity index (χ1n) is 10.3.